The van der Waals surface area contributed by atoms with Gasteiger partial charge in [0.05, 0.1) is 66.3 Å². The Morgan fingerprint density at radius 2 is 1.08 bits per heavy atom. The fourth-order valence-electron chi connectivity index (χ4n) is 3.15. The molecule has 0 bridgehead atoms. The van der Waals surface area contributed by atoms with Gasteiger partial charge in [-0.05, 0) is 13.8 Å². The van der Waals surface area contributed by atoms with E-state index in [-0.39, 0.29) is 0 Å². The van der Waals surface area contributed by atoms with Crippen molar-refractivity contribution >= 4 is 0 Å². The van der Waals surface area contributed by atoms with Crippen molar-refractivity contribution in [2.45, 2.75) is 25.0 Å². The molecule has 0 N–H and O–H groups in total. The SMILES string of the molecule is CC1(COCN2CCOCC2)COC(C)(COCN2CCOCC2)CO1. The summed E-state index contributed by atoms with van der Waals surface area (Å²) in [4.78, 5) is 4.50. The number of morpholine rings is 2. The first-order valence-electron chi connectivity index (χ1n) is 9.61. The molecule has 0 aliphatic carbocycles. The van der Waals surface area contributed by atoms with Crippen LogP contribution in [0.25, 0.3) is 0 Å². The molecule has 2 atom stereocenters. The predicted molar refractivity (Wildman–Crippen MR) is 95.1 cm³/mol. The Labute approximate surface area is 156 Å². The predicted octanol–water partition coefficient (Wildman–Crippen LogP) is 0.163. The fourth-order valence-corrected chi connectivity index (χ4v) is 3.15. The molecule has 8 nitrogen and oxygen atoms in total. The van der Waals surface area contributed by atoms with Gasteiger partial charge in [0.1, 0.15) is 11.2 Å². The Bertz CT molecular complexity index is 366. The molecule has 0 saturated carbocycles. The maximum Gasteiger partial charge on any atom is 0.112 e. The van der Waals surface area contributed by atoms with Crippen molar-refractivity contribution in [2.24, 2.45) is 0 Å². The summed E-state index contributed by atoms with van der Waals surface area (Å²) >= 11 is 0. The van der Waals surface area contributed by atoms with E-state index in [4.69, 9.17) is 28.4 Å². The molecule has 8 heteroatoms. The lowest BCUT2D eigenvalue weighted by Gasteiger charge is -2.43. The van der Waals surface area contributed by atoms with Crippen molar-refractivity contribution in [1.82, 2.24) is 9.80 Å². The zero-order chi connectivity index (χ0) is 18.3. The highest BCUT2D eigenvalue weighted by Gasteiger charge is 2.40. The monoisotopic (exact) mass is 374 g/mol. The smallest absolute Gasteiger partial charge is 0.112 e. The first-order valence-corrected chi connectivity index (χ1v) is 9.61. The van der Waals surface area contributed by atoms with Crippen LogP contribution in [0.1, 0.15) is 13.8 Å². The van der Waals surface area contributed by atoms with Gasteiger partial charge in [0.25, 0.3) is 0 Å². The molecule has 3 fully saturated rings. The quantitative estimate of drug-likeness (QED) is 0.596. The summed E-state index contributed by atoms with van der Waals surface area (Å²) in [7, 11) is 0. The van der Waals surface area contributed by atoms with E-state index in [1.165, 1.54) is 0 Å². The summed E-state index contributed by atoms with van der Waals surface area (Å²) in [5.74, 6) is 0. The minimum absolute atomic E-state index is 0.407. The maximum absolute atomic E-state index is 6.11. The standard InChI is InChI=1S/C18H34N2O6/c1-17(11-23-15-19-3-7-21-8-4-19)13-26-18(2,14-25-17)12-24-16-20-5-9-22-10-6-20/h3-16H2,1-2H3. The number of ether oxygens (including phenoxy) is 6. The zero-order valence-electron chi connectivity index (χ0n) is 16.2. The molecule has 0 aromatic rings. The molecule has 3 rings (SSSR count). The van der Waals surface area contributed by atoms with Gasteiger partial charge in [0.2, 0.25) is 0 Å². The molecule has 152 valence electrons. The summed E-state index contributed by atoms with van der Waals surface area (Å²) in [6, 6.07) is 0. The first kappa shape index (κ1) is 20.4. The van der Waals surface area contributed by atoms with Crippen molar-refractivity contribution < 1.29 is 28.4 Å². The Morgan fingerprint density at radius 3 is 1.42 bits per heavy atom. The van der Waals surface area contributed by atoms with E-state index >= 15 is 0 Å². The maximum atomic E-state index is 6.11. The molecular weight excluding hydrogens is 340 g/mol. The van der Waals surface area contributed by atoms with Crippen LogP contribution in [0.5, 0.6) is 0 Å². The van der Waals surface area contributed by atoms with Crippen molar-refractivity contribution in [2.75, 3.05) is 92.5 Å². The third-order valence-electron chi connectivity index (χ3n) is 5.02. The molecule has 26 heavy (non-hydrogen) atoms. The van der Waals surface area contributed by atoms with Crippen LogP contribution in [-0.2, 0) is 28.4 Å². The van der Waals surface area contributed by atoms with Gasteiger partial charge >= 0.3 is 0 Å². The normalized spacial score (nSPS) is 34.8. The Hall–Kier alpha value is -0.320. The van der Waals surface area contributed by atoms with Gasteiger partial charge in [-0.2, -0.15) is 0 Å². The van der Waals surface area contributed by atoms with Crippen molar-refractivity contribution in [3.8, 4) is 0 Å². The van der Waals surface area contributed by atoms with Crippen LogP contribution in [-0.4, -0.2) is 113 Å². The van der Waals surface area contributed by atoms with E-state index in [1.54, 1.807) is 0 Å². The summed E-state index contributed by atoms with van der Waals surface area (Å²) in [5.41, 5.74) is -0.813. The van der Waals surface area contributed by atoms with Crippen LogP contribution >= 0.6 is 0 Å². The van der Waals surface area contributed by atoms with E-state index in [2.05, 4.69) is 9.80 Å². The summed E-state index contributed by atoms with van der Waals surface area (Å²) in [6.45, 7) is 14.2. The largest absolute Gasteiger partial charge is 0.379 e. The molecule has 0 amide bonds. The van der Waals surface area contributed by atoms with Gasteiger partial charge in [-0.1, -0.05) is 0 Å². The second-order valence-electron chi connectivity index (χ2n) is 7.89. The average molecular weight is 374 g/mol. The highest BCUT2D eigenvalue weighted by atomic mass is 16.6. The first-order chi connectivity index (χ1) is 12.6. The van der Waals surface area contributed by atoms with E-state index in [0.29, 0.717) is 39.9 Å². The van der Waals surface area contributed by atoms with E-state index in [0.717, 1.165) is 52.6 Å². The number of rotatable bonds is 8. The van der Waals surface area contributed by atoms with Crippen LogP contribution in [0.4, 0.5) is 0 Å². The lowest BCUT2D eigenvalue weighted by molar-refractivity contribution is -0.255. The average Bonchev–Trinajstić information content (AvgIpc) is 2.67. The van der Waals surface area contributed by atoms with Gasteiger partial charge in [0, 0.05) is 26.2 Å². The molecule has 0 radical (unpaired) electrons. The van der Waals surface area contributed by atoms with Gasteiger partial charge in [0.15, 0.2) is 0 Å². The van der Waals surface area contributed by atoms with Crippen LogP contribution in [0, 0.1) is 0 Å². The van der Waals surface area contributed by atoms with Crippen LogP contribution < -0.4 is 0 Å². The number of nitrogens with zero attached hydrogens (tertiary/aromatic N) is 2. The molecule has 0 aromatic heterocycles. The lowest BCUT2D eigenvalue weighted by Crippen LogP contribution is -2.55. The van der Waals surface area contributed by atoms with Gasteiger partial charge < -0.3 is 28.4 Å². The third-order valence-corrected chi connectivity index (χ3v) is 5.02. The fraction of sp³-hybridized carbons (Fsp3) is 1.00. The highest BCUT2D eigenvalue weighted by molar-refractivity contribution is 4.86. The number of hydrogen-bond acceptors (Lipinski definition) is 8. The van der Waals surface area contributed by atoms with Gasteiger partial charge in [-0.25, -0.2) is 0 Å². The second kappa shape index (κ2) is 9.75. The topological polar surface area (TPSA) is 61.9 Å². The summed E-state index contributed by atoms with van der Waals surface area (Å²) in [6.07, 6.45) is 0. The van der Waals surface area contributed by atoms with E-state index < -0.39 is 11.2 Å². The molecule has 0 spiro atoms. The van der Waals surface area contributed by atoms with Gasteiger partial charge in [-0.3, -0.25) is 9.80 Å². The van der Waals surface area contributed by atoms with Crippen LogP contribution in [0.2, 0.25) is 0 Å². The molecule has 3 saturated heterocycles. The van der Waals surface area contributed by atoms with E-state index in [9.17, 15) is 0 Å². The number of hydrogen-bond donors (Lipinski definition) is 0. The molecule has 3 heterocycles. The zero-order valence-corrected chi connectivity index (χ0v) is 16.2. The van der Waals surface area contributed by atoms with E-state index in [1.807, 2.05) is 13.8 Å². The second-order valence-corrected chi connectivity index (χ2v) is 7.89. The molecule has 3 aliphatic heterocycles. The molecular formula is C18H34N2O6. The summed E-state index contributed by atoms with van der Waals surface area (Å²) in [5, 5.41) is 0. The molecule has 3 aliphatic rings. The molecule has 0 aromatic carbocycles. The minimum atomic E-state index is -0.407. The Kier molecular flexibility index (Phi) is 7.65. The Morgan fingerprint density at radius 1 is 0.692 bits per heavy atom. The molecule has 2 unspecified atom stereocenters. The lowest BCUT2D eigenvalue weighted by atomic mass is 10.0. The summed E-state index contributed by atoms with van der Waals surface area (Å²) < 4.78 is 34.6. The highest BCUT2D eigenvalue weighted by Crippen LogP contribution is 2.26. The van der Waals surface area contributed by atoms with Crippen molar-refractivity contribution in [3.05, 3.63) is 0 Å². The van der Waals surface area contributed by atoms with Crippen molar-refractivity contribution in [1.29, 1.82) is 0 Å². The third kappa shape index (κ3) is 6.38. The van der Waals surface area contributed by atoms with Crippen LogP contribution in [0.3, 0.4) is 0 Å². The van der Waals surface area contributed by atoms with Gasteiger partial charge in [-0.15, -0.1) is 0 Å². The Balaban J connectivity index is 1.31. The minimum Gasteiger partial charge on any atom is -0.379 e. The van der Waals surface area contributed by atoms with Crippen molar-refractivity contribution in [3.63, 3.8) is 0 Å². The van der Waals surface area contributed by atoms with Crippen LogP contribution in [0.15, 0.2) is 0 Å².